The molecule has 0 spiro atoms. The van der Waals surface area contributed by atoms with Gasteiger partial charge in [0.05, 0.1) is 12.0 Å². The summed E-state index contributed by atoms with van der Waals surface area (Å²) in [6, 6.07) is 0. The van der Waals surface area contributed by atoms with E-state index in [1.165, 1.54) is 12.8 Å². The molecular formula is C15H24N2O4. The molecule has 118 valence electrons. The summed E-state index contributed by atoms with van der Waals surface area (Å²) in [6.07, 6.45) is 2.96. The first-order valence-corrected chi connectivity index (χ1v) is 7.87. The Morgan fingerprint density at radius 1 is 1.52 bits per heavy atom. The summed E-state index contributed by atoms with van der Waals surface area (Å²) in [5.74, 6) is 0.318. The smallest absolute Gasteiger partial charge is 0.225 e. The summed E-state index contributed by atoms with van der Waals surface area (Å²) < 4.78 is 5.35. The van der Waals surface area contributed by atoms with Crippen molar-refractivity contribution in [1.82, 2.24) is 10.2 Å². The van der Waals surface area contributed by atoms with Gasteiger partial charge in [-0.1, -0.05) is 0 Å². The van der Waals surface area contributed by atoms with Crippen molar-refractivity contribution in [3.63, 3.8) is 0 Å². The van der Waals surface area contributed by atoms with E-state index in [-0.39, 0.29) is 30.4 Å². The van der Waals surface area contributed by atoms with E-state index < -0.39 is 5.60 Å². The summed E-state index contributed by atoms with van der Waals surface area (Å²) >= 11 is 0. The van der Waals surface area contributed by atoms with Crippen molar-refractivity contribution in [2.45, 2.75) is 44.3 Å². The van der Waals surface area contributed by atoms with Gasteiger partial charge in [0.2, 0.25) is 11.8 Å². The van der Waals surface area contributed by atoms with Crippen molar-refractivity contribution < 1.29 is 19.4 Å². The fraction of sp³-hybridized carbons (Fsp3) is 0.867. The molecule has 3 unspecified atom stereocenters. The highest BCUT2D eigenvalue weighted by molar-refractivity contribution is 5.89. The number of hydrogen-bond donors (Lipinski definition) is 2. The van der Waals surface area contributed by atoms with E-state index in [9.17, 15) is 14.7 Å². The minimum absolute atomic E-state index is 0.0818. The van der Waals surface area contributed by atoms with Gasteiger partial charge in [0.15, 0.2) is 0 Å². The van der Waals surface area contributed by atoms with Gasteiger partial charge in [-0.05, 0) is 25.7 Å². The Bertz CT molecular complexity index is 437. The fourth-order valence-corrected chi connectivity index (χ4v) is 3.12. The number of ether oxygens (including phenoxy) is 1. The molecule has 1 saturated carbocycles. The van der Waals surface area contributed by atoms with Crippen LogP contribution in [0.2, 0.25) is 0 Å². The SMILES string of the molecule is CC1OCCC1(O)CNC(=O)C1CC(=O)N(CC2CC2)C1. The highest BCUT2D eigenvalue weighted by Crippen LogP contribution is 2.32. The molecule has 3 atom stereocenters. The third-order valence-corrected chi connectivity index (χ3v) is 4.99. The molecule has 0 aromatic carbocycles. The highest BCUT2D eigenvalue weighted by Gasteiger charge is 2.41. The fourth-order valence-electron chi connectivity index (χ4n) is 3.12. The summed E-state index contributed by atoms with van der Waals surface area (Å²) in [7, 11) is 0. The predicted molar refractivity (Wildman–Crippen MR) is 75.4 cm³/mol. The van der Waals surface area contributed by atoms with Gasteiger partial charge in [0, 0.05) is 39.1 Å². The van der Waals surface area contributed by atoms with Crippen molar-refractivity contribution in [1.29, 1.82) is 0 Å². The van der Waals surface area contributed by atoms with Crippen LogP contribution in [0.1, 0.15) is 32.6 Å². The van der Waals surface area contributed by atoms with Crippen molar-refractivity contribution in [3.8, 4) is 0 Å². The summed E-state index contributed by atoms with van der Waals surface area (Å²) in [4.78, 5) is 25.9. The third-order valence-electron chi connectivity index (χ3n) is 4.99. The first kappa shape index (κ1) is 14.8. The molecule has 3 rings (SSSR count). The first-order chi connectivity index (χ1) is 9.98. The van der Waals surface area contributed by atoms with Crippen LogP contribution in [0.15, 0.2) is 0 Å². The minimum Gasteiger partial charge on any atom is -0.385 e. The van der Waals surface area contributed by atoms with Gasteiger partial charge in [-0.3, -0.25) is 9.59 Å². The van der Waals surface area contributed by atoms with Crippen LogP contribution in [-0.2, 0) is 14.3 Å². The molecule has 0 bridgehead atoms. The minimum atomic E-state index is -0.980. The number of carbonyl (C=O) groups excluding carboxylic acids is 2. The van der Waals surface area contributed by atoms with Gasteiger partial charge in [0.1, 0.15) is 5.60 Å². The maximum atomic E-state index is 12.2. The molecule has 3 aliphatic rings. The first-order valence-electron chi connectivity index (χ1n) is 7.87. The maximum Gasteiger partial charge on any atom is 0.225 e. The normalized spacial score (nSPS) is 36.3. The molecule has 1 aliphatic carbocycles. The number of nitrogens with zero attached hydrogens (tertiary/aromatic N) is 1. The van der Waals surface area contributed by atoms with E-state index in [4.69, 9.17) is 4.74 Å². The third kappa shape index (κ3) is 3.21. The van der Waals surface area contributed by atoms with Crippen LogP contribution in [0.4, 0.5) is 0 Å². The Labute approximate surface area is 124 Å². The maximum absolute atomic E-state index is 12.2. The van der Waals surface area contributed by atoms with Crippen LogP contribution in [0.5, 0.6) is 0 Å². The van der Waals surface area contributed by atoms with Crippen LogP contribution >= 0.6 is 0 Å². The molecule has 0 aromatic heterocycles. The number of amides is 2. The van der Waals surface area contributed by atoms with E-state index in [0.29, 0.717) is 31.9 Å². The lowest BCUT2D eigenvalue weighted by molar-refractivity contribution is -0.129. The zero-order valence-corrected chi connectivity index (χ0v) is 12.5. The van der Waals surface area contributed by atoms with Gasteiger partial charge in [-0.2, -0.15) is 0 Å². The van der Waals surface area contributed by atoms with Crippen molar-refractivity contribution in [2.24, 2.45) is 11.8 Å². The zero-order chi connectivity index (χ0) is 15.0. The standard InChI is InChI=1S/C15H24N2O4/c1-10-15(20,4-5-21-10)9-16-14(19)12-6-13(18)17(8-12)7-11-2-3-11/h10-12,20H,2-9H2,1H3,(H,16,19). The van der Waals surface area contributed by atoms with Crippen LogP contribution in [-0.4, -0.2) is 59.8 Å². The largest absolute Gasteiger partial charge is 0.385 e. The van der Waals surface area contributed by atoms with Gasteiger partial charge in [-0.25, -0.2) is 0 Å². The van der Waals surface area contributed by atoms with Gasteiger partial charge < -0.3 is 20.1 Å². The van der Waals surface area contributed by atoms with E-state index in [1.807, 2.05) is 11.8 Å². The number of rotatable bonds is 5. The summed E-state index contributed by atoms with van der Waals surface area (Å²) in [6.45, 7) is 3.85. The Balaban J connectivity index is 1.48. The molecule has 2 N–H and O–H groups in total. The Hall–Kier alpha value is -1.14. The zero-order valence-electron chi connectivity index (χ0n) is 12.5. The van der Waals surface area contributed by atoms with Crippen molar-refractivity contribution >= 4 is 11.8 Å². The molecule has 2 aliphatic heterocycles. The molecule has 21 heavy (non-hydrogen) atoms. The van der Waals surface area contributed by atoms with Crippen LogP contribution < -0.4 is 5.32 Å². The lowest BCUT2D eigenvalue weighted by atomic mass is 9.96. The summed E-state index contributed by atoms with van der Waals surface area (Å²) in [5, 5.41) is 13.2. The number of carbonyl (C=O) groups is 2. The molecule has 0 radical (unpaired) electrons. The van der Waals surface area contributed by atoms with Gasteiger partial charge >= 0.3 is 0 Å². The van der Waals surface area contributed by atoms with Gasteiger partial charge in [-0.15, -0.1) is 0 Å². The molecule has 0 aromatic rings. The van der Waals surface area contributed by atoms with Crippen LogP contribution in [0.25, 0.3) is 0 Å². The van der Waals surface area contributed by atoms with E-state index in [2.05, 4.69) is 5.32 Å². The van der Waals surface area contributed by atoms with Crippen LogP contribution in [0.3, 0.4) is 0 Å². The highest BCUT2D eigenvalue weighted by atomic mass is 16.5. The second kappa shape index (κ2) is 5.57. The molecular weight excluding hydrogens is 272 g/mol. The van der Waals surface area contributed by atoms with Crippen molar-refractivity contribution in [2.75, 3.05) is 26.2 Å². The van der Waals surface area contributed by atoms with Crippen molar-refractivity contribution in [3.05, 3.63) is 0 Å². The summed E-state index contributed by atoms with van der Waals surface area (Å²) in [5.41, 5.74) is -0.980. The lowest BCUT2D eigenvalue weighted by Gasteiger charge is -2.26. The molecule has 2 heterocycles. The Morgan fingerprint density at radius 3 is 2.90 bits per heavy atom. The van der Waals surface area contributed by atoms with E-state index in [0.717, 1.165) is 6.54 Å². The predicted octanol–water partition coefficient (Wildman–Crippen LogP) is -0.0990. The second-order valence-corrected chi connectivity index (χ2v) is 6.73. The molecule has 6 nitrogen and oxygen atoms in total. The number of hydrogen-bond acceptors (Lipinski definition) is 4. The lowest BCUT2D eigenvalue weighted by Crippen LogP contribution is -2.48. The molecule has 2 saturated heterocycles. The topological polar surface area (TPSA) is 78.9 Å². The van der Waals surface area contributed by atoms with E-state index in [1.54, 1.807) is 0 Å². The number of nitrogens with one attached hydrogen (secondary N) is 1. The monoisotopic (exact) mass is 296 g/mol. The number of likely N-dealkylation sites (tertiary alicyclic amines) is 1. The second-order valence-electron chi connectivity index (χ2n) is 6.73. The Kier molecular flexibility index (Phi) is 3.92. The molecule has 2 amide bonds. The molecule has 6 heteroatoms. The quantitative estimate of drug-likeness (QED) is 0.742. The van der Waals surface area contributed by atoms with Crippen LogP contribution in [0, 0.1) is 11.8 Å². The average molecular weight is 296 g/mol. The number of aliphatic hydroxyl groups is 1. The Morgan fingerprint density at radius 2 is 2.29 bits per heavy atom. The van der Waals surface area contributed by atoms with Gasteiger partial charge in [0.25, 0.3) is 0 Å². The average Bonchev–Trinajstić information content (AvgIpc) is 3.10. The van der Waals surface area contributed by atoms with E-state index >= 15 is 0 Å². The molecule has 3 fully saturated rings.